The number of carboxylic acid groups (broad SMARTS) is 1. The molecule has 1 aromatic heterocycles. The number of anilines is 1. The van der Waals surface area contributed by atoms with Crippen molar-refractivity contribution in [3.05, 3.63) is 87.5 Å². The molecule has 0 spiro atoms. The van der Waals surface area contributed by atoms with Crippen molar-refractivity contribution in [3.8, 4) is 5.75 Å². The van der Waals surface area contributed by atoms with Gasteiger partial charge in [0.1, 0.15) is 18.2 Å². The molecule has 0 aliphatic carbocycles. The van der Waals surface area contributed by atoms with Crippen LogP contribution in [0.25, 0.3) is 0 Å². The van der Waals surface area contributed by atoms with E-state index in [1.54, 1.807) is 30.3 Å². The number of alkyl halides is 3. The SMILES string of the molecule is O=C(O)c1ccc(COc2ccc(/C=N\Nc3ccc(C(F)(F)F)cn3)cc2Br)cc1. The summed E-state index contributed by atoms with van der Waals surface area (Å²) in [4.78, 5) is 14.5. The van der Waals surface area contributed by atoms with Crippen LogP contribution < -0.4 is 10.2 Å². The van der Waals surface area contributed by atoms with Gasteiger partial charge >= 0.3 is 12.1 Å². The molecule has 31 heavy (non-hydrogen) atoms. The molecule has 0 radical (unpaired) electrons. The van der Waals surface area contributed by atoms with Crippen LogP contribution in [0.15, 0.2) is 70.4 Å². The van der Waals surface area contributed by atoms with E-state index < -0.39 is 17.7 Å². The Balaban J connectivity index is 1.56. The molecular formula is C21H15BrF3N3O3. The van der Waals surface area contributed by atoms with Gasteiger partial charge in [0.15, 0.2) is 0 Å². The molecule has 0 aliphatic rings. The first kappa shape index (κ1) is 22.3. The van der Waals surface area contributed by atoms with Crippen LogP contribution in [0.4, 0.5) is 19.0 Å². The summed E-state index contributed by atoms with van der Waals surface area (Å²) in [5, 5.41) is 12.9. The van der Waals surface area contributed by atoms with Gasteiger partial charge in [0.25, 0.3) is 0 Å². The Kier molecular flexibility index (Phi) is 6.91. The van der Waals surface area contributed by atoms with Gasteiger partial charge in [0, 0.05) is 6.20 Å². The molecule has 0 bridgehead atoms. The van der Waals surface area contributed by atoms with Crippen molar-refractivity contribution < 1.29 is 27.8 Å². The van der Waals surface area contributed by atoms with Gasteiger partial charge in [0.2, 0.25) is 0 Å². The molecule has 3 aromatic rings. The van der Waals surface area contributed by atoms with Crippen LogP contribution >= 0.6 is 15.9 Å². The molecule has 0 atom stereocenters. The topological polar surface area (TPSA) is 83.8 Å². The van der Waals surface area contributed by atoms with Crippen molar-refractivity contribution in [2.45, 2.75) is 12.8 Å². The first-order valence-corrected chi connectivity index (χ1v) is 9.58. The number of hydrazone groups is 1. The van der Waals surface area contributed by atoms with Gasteiger partial charge in [-0.25, -0.2) is 9.78 Å². The second kappa shape index (κ2) is 9.61. The first-order chi connectivity index (χ1) is 14.7. The van der Waals surface area contributed by atoms with E-state index in [0.717, 1.165) is 17.8 Å². The fourth-order valence-corrected chi connectivity index (χ4v) is 2.93. The van der Waals surface area contributed by atoms with Crippen LogP contribution in [-0.2, 0) is 12.8 Å². The highest BCUT2D eigenvalue weighted by Crippen LogP contribution is 2.29. The van der Waals surface area contributed by atoms with E-state index in [4.69, 9.17) is 9.84 Å². The molecule has 160 valence electrons. The minimum atomic E-state index is -4.44. The minimum Gasteiger partial charge on any atom is -0.488 e. The van der Waals surface area contributed by atoms with Gasteiger partial charge in [-0.15, -0.1) is 0 Å². The van der Waals surface area contributed by atoms with E-state index >= 15 is 0 Å². The molecule has 2 aromatic carbocycles. The number of nitrogens with zero attached hydrogens (tertiary/aromatic N) is 2. The molecule has 0 amide bonds. The molecule has 0 unspecified atom stereocenters. The first-order valence-electron chi connectivity index (χ1n) is 8.79. The standard InChI is InChI=1S/C21H15BrF3N3O3/c22-17-9-14(10-27-28-19-8-6-16(11-26-19)21(23,24)25)3-7-18(17)31-12-13-1-4-15(5-2-13)20(29)30/h1-11H,12H2,(H,26,28)(H,29,30)/b27-10-. The summed E-state index contributed by atoms with van der Waals surface area (Å²) in [5.41, 5.74) is 3.46. The fourth-order valence-electron chi connectivity index (χ4n) is 2.42. The van der Waals surface area contributed by atoms with Gasteiger partial charge in [-0.2, -0.15) is 18.3 Å². The number of halogens is 4. The van der Waals surface area contributed by atoms with Crippen molar-refractivity contribution in [2.75, 3.05) is 5.43 Å². The largest absolute Gasteiger partial charge is 0.488 e. The number of aromatic carboxylic acids is 1. The Labute approximate surface area is 183 Å². The quantitative estimate of drug-likeness (QED) is 0.331. The number of pyridine rings is 1. The normalized spacial score (nSPS) is 11.5. The number of nitrogens with one attached hydrogen (secondary N) is 1. The number of hydrogen-bond acceptors (Lipinski definition) is 5. The van der Waals surface area contributed by atoms with E-state index in [1.165, 1.54) is 24.4 Å². The van der Waals surface area contributed by atoms with Gasteiger partial charge in [-0.05, 0) is 69.5 Å². The highest BCUT2D eigenvalue weighted by atomic mass is 79.9. The summed E-state index contributed by atoms with van der Waals surface area (Å²) >= 11 is 3.41. The van der Waals surface area contributed by atoms with Crippen LogP contribution in [-0.4, -0.2) is 22.3 Å². The summed E-state index contributed by atoms with van der Waals surface area (Å²) in [6, 6.07) is 13.7. The van der Waals surface area contributed by atoms with Crippen LogP contribution in [0.1, 0.15) is 27.0 Å². The lowest BCUT2D eigenvalue weighted by Crippen LogP contribution is -2.05. The number of benzene rings is 2. The smallest absolute Gasteiger partial charge is 0.417 e. The van der Waals surface area contributed by atoms with Crippen molar-refractivity contribution in [1.29, 1.82) is 0 Å². The van der Waals surface area contributed by atoms with Crippen molar-refractivity contribution in [3.63, 3.8) is 0 Å². The van der Waals surface area contributed by atoms with Crippen molar-refractivity contribution in [1.82, 2.24) is 4.98 Å². The zero-order chi connectivity index (χ0) is 22.4. The monoisotopic (exact) mass is 493 g/mol. The van der Waals surface area contributed by atoms with Crippen LogP contribution in [0.5, 0.6) is 5.75 Å². The second-order valence-corrected chi connectivity index (χ2v) is 7.13. The van der Waals surface area contributed by atoms with E-state index in [0.29, 0.717) is 15.8 Å². The minimum absolute atomic E-state index is 0.178. The Bertz CT molecular complexity index is 1090. The van der Waals surface area contributed by atoms with E-state index in [9.17, 15) is 18.0 Å². The molecule has 10 heteroatoms. The number of hydrogen-bond donors (Lipinski definition) is 2. The zero-order valence-corrected chi connectivity index (χ0v) is 17.3. The highest BCUT2D eigenvalue weighted by molar-refractivity contribution is 9.10. The number of ether oxygens (including phenoxy) is 1. The third kappa shape index (κ3) is 6.29. The summed E-state index contributed by atoms with van der Waals surface area (Å²) in [5.74, 6) is -0.231. The molecule has 1 heterocycles. The maximum Gasteiger partial charge on any atom is 0.417 e. The summed E-state index contributed by atoms with van der Waals surface area (Å²) in [7, 11) is 0. The molecule has 0 saturated carbocycles. The lowest BCUT2D eigenvalue weighted by molar-refractivity contribution is -0.137. The fraction of sp³-hybridized carbons (Fsp3) is 0.0952. The molecule has 0 aliphatic heterocycles. The van der Waals surface area contributed by atoms with E-state index in [1.807, 2.05) is 0 Å². The van der Waals surface area contributed by atoms with Crippen LogP contribution in [0.3, 0.4) is 0 Å². The van der Waals surface area contributed by atoms with Crippen LogP contribution in [0.2, 0.25) is 0 Å². The predicted molar refractivity (Wildman–Crippen MR) is 112 cm³/mol. The third-order valence-corrected chi connectivity index (χ3v) is 4.65. The van der Waals surface area contributed by atoms with E-state index in [2.05, 4.69) is 31.4 Å². The van der Waals surface area contributed by atoms with Gasteiger partial charge < -0.3 is 9.84 Å². The number of rotatable bonds is 7. The maximum absolute atomic E-state index is 12.5. The van der Waals surface area contributed by atoms with Crippen molar-refractivity contribution >= 4 is 33.9 Å². The van der Waals surface area contributed by atoms with E-state index in [-0.39, 0.29) is 18.0 Å². The molecule has 2 N–H and O–H groups in total. The summed E-state index contributed by atoms with van der Waals surface area (Å²) < 4.78 is 44.0. The maximum atomic E-state index is 12.5. The lowest BCUT2D eigenvalue weighted by atomic mass is 10.1. The average molecular weight is 494 g/mol. The Morgan fingerprint density at radius 3 is 2.48 bits per heavy atom. The average Bonchev–Trinajstić information content (AvgIpc) is 2.73. The highest BCUT2D eigenvalue weighted by Gasteiger charge is 2.30. The molecular weight excluding hydrogens is 479 g/mol. The Morgan fingerprint density at radius 1 is 1.16 bits per heavy atom. The Hall–Kier alpha value is -3.40. The van der Waals surface area contributed by atoms with Gasteiger partial charge in [0.05, 0.1) is 21.8 Å². The van der Waals surface area contributed by atoms with Gasteiger partial charge in [-0.3, -0.25) is 5.43 Å². The second-order valence-electron chi connectivity index (χ2n) is 6.28. The molecule has 6 nitrogen and oxygen atoms in total. The summed E-state index contributed by atoms with van der Waals surface area (Å²) in [6.07, 6.45) is -2.22. The lowest BCUT2D eigenvalue weighted by Gasteiger charge is -2.09. The molecule has 0 fully saturated rings. The predicted octanol–water partition coefficient (Wildman–Crippen LogP) is 5.59. The number of carbonyl (C=O) groups is 1. The molecule has 3 rings (SSSR count). The summed E-state index contributed by atoms with van der Waals surface area (Å²) in [6.45, 7) is 0.257. The third-order valence-electron chi connectivity index (χ3n) is 4.03. The number of carboxylic acids is 1. The Morgan fingerprint density at radius 2 is 1.90 bits per heavy atom. The zero-order valence-electron chi connectivity index (χ0n) is 15.7. The molecule has 0 saturated heterocycles. The van der Waals surface area contributed by atoms with Gasteiger partial charge in [-0.1, -0.05) is 12.1 Å². The number of aromatic nitrogens is 1. The van der Waals surface area contributed by atoms with Crippen LogP contribution in [0, 0.1) is 0 Å². The van der Waals surface area contributed by atoms with Crippen molar-refractivity contribution in [2.24, 2.45) is 5.10 Å².